The first-order valence-electron chi connectivity index (χ1n) is 19.9. The predicted molar refractivity (Wildman–Crippen MR) is 209 cm³/mol. The molecule has 0 saturated carbocycles. The van der Waals surface area contributed by atoms with Crippen molar-refractivity contribution in [2.75, 3.05) is 34.4 Å². The van der Waals surface area contributed by atoms with Gasteiger partial charge in [0.2, 0.25) is 0 Å². The molecule has 276 valence electrons. The summed E-state index contributed by atoms with van der Waals surface area (Å²) in [5.41, 5.74) is 0. The summed E-state index contributed by atoms with van der Waals surface area (Å²) in [5, 5.41) is 0. The van der Waals surface area contributed by atoms with E-state index in [9.17, 15) is 4.79 Å². The zero-order valence-electron chi connectivity index (χ0n) is 32.2. The lowest BCUT2D eigenvalue weighted by atomic mass is 10.0. The van der Waals surface area contributed by atoms with Crippen molar-refractivity contribution in [2.45, 2.75) is 187 Å². The van der Waals surface area contributed by atoms with Gasteiger partial charge in [-0.25, -0.2) is 0 Å². The topological polar surface area (TPSA) is 38.8 Å². The number of likely N-dealkylation sites (N-methyl/N-ethyl adjacent to an activating group) is 1. The van der Waals surface area contributed by atoms with Crippen molar-refractivity contribution in [2.24, 2.45) is 0 Å². The average molecular weight is 660 g/mol. The first-order chi connectivity index (χ1) is 23.1. The van der Waals surface area contributed by atoms with Crippen LogP contribution in [0.1, 0.15) is 181 Å². The molecule has 0 radical (unpaired) electrons. The number of carbonyl (C=O) groups excluding carboxylic acids is 1. The molecule has 0 rings (SSSR count). The van der Waals surface area contributed by atoms with Gasteiger partial charge in [0.1, 0.15) is 6.10 Å². The summed E-state index contributed by atoms with van der Waals surface area (Å²) >= 11 is 0. The van der Waals surface area contributed by atoms with E-state index >= 15 is 0 Å². The van der Waals surface area contributed by atoms with Crippen molar-refractivity contribution < 1.29 is 14.3 Å². The molecule has 0 aromatic rings. The average Bonchev–Trinajstić information content (AvgIpc) is 3.07. The Morgan fingerprint density at radius 1 is 0.511 bits per heavy atom. The number of hydrogen-bond acceptors (Lipinski definition) is 4. The van der Waals surface area contributed by atoms with Gasteiger partial charge in [0.05, 0.1) is 6.61 Å². The standard InChI is InChI=1S/C38H68O2.C5H13NO/c1-3-5-7-9-11-13-15-17-19-21-23-25-27-29-31-33-35-38(40-37-39)36-34-32-30-28-26-24-22-20-18-16-14-12-10-8-6-4-2;1-6(2)4-5-7-3/h11-14,17-20,37-38H,3-10,15-16,21-36H2,1-2H3;4-5H2,1-3H3/b13-11-,14-12-,19-17-,20-18-;. The van der Waals surface area contributed by atoms with Gasteiger partial charge < -0.3 is 14.4 Å². The van der Waals surface area contributed by atoms with Crippen LogP contribution in [0, 0.1) is 0 Å². The minimum atomic E-state index is 0.133. The zero-order chi connectivity index (χ0) is 34.7. The van der Waals surface area contributed by atoms with Crippen LogP contribution in [0.2, 0.25) is 0 Å². The van der Waals surface area contributed by atoms with Gasteiger partial charge in [0, 0.05) is 13.7 Å². The maximum atomic E-state index is 10.9. The summed E-state index contributed by atoms with van der Waals surface area (Å²) in [5.74, 6) is 0. The fourth-order valence-corrected chi connectivity index (χ4v) is 5.35. The fourth-order valence-electron chi connectivity index (χ4n) is 5.35. The molecule has 0 aromatic heterocycles. The Morgan fingerprint density at radius 2 is 0.872 bits per heavy atom. The van der Waals surface area contributed by atoms with Gasteiger partial charge in [-0.2, -0.15) is 0 Å². The molecule has 4 heteroatoms. The molecule has 0 atom stereocenters. The molecule has 0 aromatic carbocycles. The highest BCUT2D eigenvalue weighted by molar-refractivity contribution is 5.37. The SMILES string of the molecule is CCCCC/C=C\C/C=C\CCCCCCCCC(CCCCCCCC/C=C\C/C=C\CCCCC)OC=O.COCCN(C)C. The third kappa shape index (κ3) is 46.5. The maximum absolute atomic E-state index is 10.9. The van der Waals surface area contributed by atoms with E-state index in [1.54, 1.807) is 7.11 Å². The van der Waals surface area contributed by atoms with E-state index in [4.69, 9.17) is 9.47 Å². The predicted octanol–water partition coefficient (Wildman–Crippen LogP) is 13.1. The first kappa shape index (κ1) is 47.5. The van der Waals surface area contributed by atoms with Gasteiger partial charge in [-0.3, -0.25) is 4.79 Å². The van der Waals surface area contributed by atoms with Gasteiger partial charge >= 0.3 is 0 Å². The number of carbonyl (C=O) groups is 1. The fraction of sp³-hybridized carbons (Fsp3) is 0.791. The Kier molecular flexibility index (Phi) is 44.8. The van der Waals surface area contributed by atoms with Crippen LogP contribution in [0.4, 0.5) is 0 Å². The molecule has 0 fully saturated rings. The number of rotatable bonds is 35. The Labute approximate surface area is 294 Å². The van der Waals surface area contributed by atoms with Crippen LogP contribution >= 0.6 is 0 Å². The molecule has 0 saturated heterocycles. The Hall–Kier alpha value is -1.65. The van der Waals surface area contributed by atoms with Crippen molar-refractivity contribution in [1.82, 2.24) is 4.90 Å². The molecule has 0 N–H and O–H groups in total. The minimum absolute atomic E-state index is 0.133. The van der Waals surface area contributed by atoms with Crippen LogP contribution < -0.4 is 0 Å². The second kappa shape index (κ2) is 44.4. The number of nitrogens with zero attached hydrogens (tertiary/aromatic N) is 1. The highest BCUT2D eigenvalue weighted by Gasteiger charge is 2.08. The van der Waals surface area contributed by atoms with E-state index in [0.29, 0.717) is 6.47 Å². The van der Waals surface area contributed by atoms with Gasteiger partial charge in [0.15, 0.2) is 0 Å². The first-order valence-corrected chi connectivity index (χ1v) is 19.9. The molecule has 0 heterocycles. The number of methoxy groups -OCH3 is 1. The van der Waals surface area contributed by atoms with Crippen molar-refractivity contribution in [1.29, 1.82) is 0 Å². The monoisotopic (exact) mass is 660 g/mol. The lowest BCUT2D eigenvalue weighted by molar-refractivity contribution is -0.134. The smallest absolute Gasteiger partial charge is 0.293 e. The molecule has 0 aliphatic rings. The molecule has 0 unspecified atom stereocenters. The van der Waals surface area contributed by atoms with Crippen LogP contribution in [0.15, 0.2) is 48.6 Å². The van der Waals surface area contributed by atoms with E-state index in [1.165, 1.54) is 141 Å². The van der Waals surface area contributed by atoms with Gasteiger partial charge in [-0.15, -0.1) is 0 Å². The van der Waals surface area contributed by atoms with Crippen molar-refractivity contribution in [3.63, 3.8) is 0 Å². The molecule has 47 heavy (non-hydrogen) atoms. The lowest BCUT2D eigenvalue weighted by Gasteiger charge is -2.15. The van der Waals surface area contributed by atoms with Crippen molar-refractivity contribution in [3.05, 3.63) is 48.6 Å². The van der Waals surface area contributed by atoms with Crippen LogP contribution in [0.25, 0.3) is 0 Å². The number of ether oxygens (including phenoxy) is 2. The third-order valence-corrected chi connectivity index (χ3v) is 8.44. The summed E-state index contributed by atoms with van der Waals surface area (Å²) in [4.78, 5) is 13.0. The highest BCUT2D eigenvalue weighted by Crippen LogP contribution is 2.17. The quantitative estimate of drug-likeness (QED) is 0.0385. The van der Waals surface area contributed by atoms with Crippen LogP contribution in [0.5, 0.6) is 0 Å². The van der Waals surface area contributed by atoms with Gasteiger partial charge in [-0.05, 0) is 104 Å². The van der Waals surface area contributed by atoms with Crippen LogP contribution in [-0.2, 0) is 14.3 Å². The van der Waals surface area contributed by atoms with E-state index in [-0.39, 0.29) is 6.10 Å². The lowest BCUT2D eigenvalue weighted by Crippen LogP contribution is -2.16. The van der Waals surface area contributed by atoms with E-state index < -0.39 is 0 Å². The molecule has 0 bridgehead atoms. The van der Waals surface area contributed by atoms with Crippen molar-refractivity contribution in [3.8, 4) is 0 Å². The summed E-state index contributed by atoms with van der Waals surface area (Å²) in [6.07, 6.45) is 51.4. The van der Waals surface area contributed by atoms with Crippen molar-refractivity contribution >= 4 is 6.47 Å². The Morgan fingerprint density at radius 3 is 1.19 bits per heavy atom. The molecule has 0 amide bonds. The number of unbranched alkanes of at least 4 members (excludes halogenated alkanes) is 18. The summed E-state index contributed by atoms with van der Waals surface area (Å²) in [6, 6.07) is 0. The normalized spacial score (nSPS) is 12.0. The van der Waals surface area contributed by atoms with E-state index in [0.717, 1.165) is 38.8 Å². The van der Waals surface area contributed by atoms with Gasteiger partial charge in [-0.1, -0.05) is 140 Å². The zero-order valence-corrected chi connectivity index (χ0v) is 32.2. The summed E-state index contributed by atoms with van der Waals surface area (Å²) < 4.78 is 10.2. The molecule has 0 spiro atoms. The number of allylic oxidation sites excluding steroid dienone is 8. The highest BCUT2D eigenvalue weighted by atomic mass is 16.5. The molecular weight excluding hydrogens is 578 g/mol. The van der Waals surface area contributed by atoms with E-state index in [2.05, 4.69) is 67.4 Å². The Balaban J connectivity index is 0. The summed E-state index contributed by atoms with van der Waals surface area (Å²) in [7, 11) is 5.77. The second-order valence-corrected chi connectivity index (χ2v) is 13.4. The van der Waals surface area contributed by atoms with Gasteiger partial charge in [0.25, 0.3) is 6.47 Å². The van der Waals surface area contributed by atoms with E-state index in [1.807, 2.05) is 14.1 Å². The minimum Gasteiger partial charge on any atom is -0.465 e. The van der Waals surface area contributed by atoms with Crippen LogP contribution in [0.3, 0.4) is 0 Å². The molecular formula is C43H81NO3. The Bertz CT molecular complexity index is 649. The van der Waals surface area contributed by atoms with Crippen LogP contribution in [-0.4, -0.2) is 51.8 Å². The summed E-state index contributed by atoms with van der Waals surface area (Å²) in [6.45, 7) is 7.02. The largest absolute Gasteiger partial charge is 0.465 e. The number of hydrogen-bond donors (Lipinski definition) is 0. The molecule has 4 nitrogen and oxygen atoms in total. The molecule has 0 aliphatic carbocycles. The molecule has 0 aliphatic heterocycles. The maximum Gasteiger partial charge on any atom is 0.293 e. The second-order valence-electron chi connectivity index (χ2n) is 13.4. The third-order valence-electron chi connectivity index (χ3n) is 8.44.